The Hall–Kier alpha value is -1.10. The predicted octanol–water partition coefficient (Wildman–Crippen LogP) is 3.35. The average Bonchev–Trinajstić information content (AvgIpc) is 3.21. The highest BCUT2D eigenvalue weighted by Gasteiger charge is 2.35. The van der Waals surface area contributed by atoms with E-state index in [9.17, 15) is 9.59 Å². The van der Waals surface area contributed by atoms with Crippen LogP contribution in [0.4, 0.5) is 0 Å². The molecule has 0 amide bonds. The lowest BCUT2D eigenvalue weighted by atomic mass is 9.87. The molecule has 0 N–H and O–H groups in total. The normalized spacial score (nSPS) is 28.1. The first-order valence-electron chi connectivity index (χ1n) is 9.42. The van der Waals surface area contributed by atoms with Crippen LogP contribution in [-0.2, 0) is 23.8 Å². The van der Waals surface area contributed by atoms with Crippen molar-refractivity contribution in [2.75, 3.05) is 19.8 Å². The van der Waals surface area contributed by atoms with Crippen LogP contribution in [0.1, 0.15) is 59.3 Å². The Morgan fingerprint density at radius 3 is 2.42 bits per heavy atom. The molecule has 138 valence electrons. The second-order valence-corrected chi connectivity index (χ2v) is 7.79. The molecule has 0 spiro atoms. The van der Waals surface area contributed by atoms with Crippen LogP contribution < -0.4 is 0 Å². The summed E-state index contributed by atoms with van der Waals surface area (Å²) in [6.45, 7) is 7.72. The van der Waals surface area contributed by atoms with Crippen LogP contribution in [0.3, 0.4) is 0 Å². The van der Waals surface area contributed by atoms with E-state index in [1.165, 1.54) is 0 Å². The zero-order valence-corrected chi connectivity index (χ0v) is 15.3. The van der Waals surface area contributed by atoms with Gasteiger partial charge >= 0.3 is 11.9 Å². The largest absolute Gasteiger partial charge is 0.465 e. The van der Waals surface area contributed by atoms with Crippen molar-refractivity contribution in [3.63, 3.8) is 0 Å². The van der Waals surface area contributed by atoms with Crippen molar-refractivity contribution in [2.24, 2.45) is 23.7 Å². The van der Waals surface area contributed by atoms with Crippen molar-refractivity contribution in [2.45, 2.75) is 65.4 Å². The second-order valence-electron chi connectivity index (χ2n) is 7.79. The Morgan fingerprint density at radius 2 is 1.75 bits per heavy atom. The van der Waals surface area contributed by atoms with E-state index in [2.05, 4.69) is 6.92 Å². The minimum Gasteiger partial charge on any atom is -0.465 e. The van der Waals surface area contributed by atoms with Crippen molar-refractivity contribution >= 4 is 11.9 Å². The standard InChI is InChI=1S/C19H32O5/c1-13(2)11-23-18(20)16-7-4-6-15(16)10-14(3)12-24-19(21)17-8-5-9-22-17/h13-17H,4-12H2,1-3H3. The van der Waals surface area contributed by atoms with Gasteiger partial charge < -0.3 is 14.2 Å². The summed E-state index contributed by atoms with van der Waals surface area (Å²) >= 11 is 0. The summed E-state index contributed by atoms with van der Waals surface area (Å²) in [4.78, 5) is 24.1. The Balaban J connectivity index is 1.72. The maximum Gasteiger partial charge on any atom is 0.335 e. The molecular formula is C19H32O5. The first-order chi connectivity index (χ1) is 11.5. The minimum absolute atomic E-state index is 0.0140. The lowest BCUT2D eigenvalue weighted by molar-refractivity contribution is -0.156. The number of hydrogen-bond donors (Lipinski definition) is 0. The molecule has 1 aliphatic carbocycles. The lowest BCUT2D eigenvalue weighted by Crippen LogP contribution is -2.27. The SMILES string of the molecule is CC(C)COC(=O)C1CCCC1CC(C)COC(=O)C1CCCO1. The molecule has 1 saturated carbocycles. The maximum atomic E-state index is 12.3. The summed E-state index contributed by atoms with van der Waals surface area (Å²) < 4.78 is 16.2. The van der Waals surface area contributed by atoms with Gasteiger partial charge in [0.15, 0.2) is 6.10 Å². The highest BCUT2D eigenvalue weighted by atomic mass is 16.6. The van der Waals surface area contributed by atoms with Crippen molar-refractivity contribution in [3.05, 3.63) is 0 Å². The Labute approximate surface area is 145 Å². The Bertz CT molecular complexity index is 414. The lowest BCUT2D eigenvalue weighted by Gasteiger charge is -2.22. The predicted molar refractivity (Wildman–Crippen MR) is 90.3 cm³/mol. The third-order valence-electron chi connectivity index (χ3n) is 4.93. The highest BCUT2D eigenvalue weighted by Crippen LogP contribution is 2.37. The molecule has 2 fully saturated rings. The topological polar surface area (TPSA) is 61.8 Å². The molecule has 0 bridgehead atoms. The number of rotatable bonds is 8. The van der Waals surface area contributed by atoms with Crippen LogP contribution in [0.25, 0.3) is 0 Å². The van der Waals surface area contributed by atoms with E-state index in [0.717, 1.165) is 38.5 Å². The zero-order chi connectivity index (χ0) is 17.5. The summed E-state index contributed by atoms with van der Waals surface area (Å²) in [7, 11) is 0. The van der Waals surface area contributed by atoms with Gasteiger partial charge in [-0.2, -0.15) is 0 Å². The summed E-state index contributed by atoms with van der Waals surface area (Å²) in [5, 5.41) is 0. The minimum atomic E-state index is -0.373. The fourth-order valence-corrected chi connectivity index (χ4v) is 3.65. The molecular weight excluding hydrogens is 308 g/mol. The zero-order valence-electron chi connectivity index (χ0n) is 15.3. The van der Waals surface area contributed by atoms with Gasteiger partial charge in [0.1, 0.15) is 0 Å². The summed E-state index contributed by atoms with van der Waals surface area (Å²) in [5.74, 6) is 0.693. The Kier molecular flexibility index (Phi) is 7.53. The molecule has 2 aliphatic rings. The molecule has 4 atom stereocenters. The fraction of sp³-hybridized carbons (Fsp3) is 0.895. The molecule has 1 aliphatic heterocycles. The molecule has 0 aromatic rings. The quantitative estimate of drug-likeness (QED) is 0.634. The van der Waals surface area contributed by atoms with Gasteiger partial charge in [0.05, 0.1) is 19.1 Å². The van der Waals surface area contributed by atoms with E-state index in [-0.39, 0.29) is 29.9 Å². The number of esters is 2. The maximum absolute atomic E-state index is 12.3. The van der Waals surface area contributed by atoms with E-state index in [1.807, 2.05) is 13.8 Å². The van der Waals surface area contributed by atoms with Gasteiger partial charge in [-0.1, -0.05) is 27.2 Å². The van der Waals surface area contributed by atoms with Gasteiger partial charge in [0.25, 0.3) is 0 Å². The smallest absolute Gasteiger partial charge is 0.335 e. The second kappa shape index (κ2) is 9.40. The van der Waals surface area contributed by atoms with Gasteiger partial charge in [0.2, 0.25) is 0 Å². The summed E-state index contributed by atoms with van der Waals surface area (Å²) in [5.41, 5.74) is 0. The van der Waals surface area contributed by atoms with Crippen LogP contribution in [0.15, 0.2) is 0 Å². The molecule has 1 heterocycles. The molecule has 24 heavy (non-hydrogen) atoms. The van der Waals surface area contributed by atoms with E-state index in [1.54, 1.807) is 0 Å². The van der Waals surface area contributed by atoms with Gasteiger partial charge in [-0.3, -0.25) is 4.79 Å². The van der Waals surface area contributed by atoms with Gasteiger partial charge in [0, 0.05) is 6.61 Å². The molecule has 0 radical (unpaired) electrons. The number of ether oxygens (including phenoxy) is 3. The molecule has 1 saturated heterocycles. The number of carbonyl (C=O) groups excluding carboxylic acids is 2. The fourth-order valence-electron chi connectivity index (χ4n) is 3.65. The summed E-state index contributed by atoms with van der Waals surface area (Å²) in [6, 6.07) is 0. The number of carbonyl (C=O) groups is 2. The first-order valence-corrected chi connectivity index (χ1v) is 9.42. The van der Waals surface area contributed by atoms with Crippen molar-refractivity contribution in [1.82, 2.24) is 0 Å². The van der Waals surface area contributed by atoms with E-state index < -0.39 is 0 Å². The third-order valence-corrected chi connectivity index (χ3v) is 4.93. The van der Waals surface area contributed by atoms with E-state index in [4.69, 9.17) is 14.2 Å². The van der Waals surface area contributed by atoms with Crippen LogP contribution >= 0.6 is 0 Å². The summed E-state index contributed by atoms with van der Waals surface area (Å²) in [6.07, 6.45) is 5.28. The van der Waals surface area contributed by atoms with Crippen LogP contribution in [0.2, 0.25) is 0 Å². The van der Waals surface area contributed by atoms with Crippen molar-refractivity contribution < 1.29 is 23.8 Å². The van der Waals surface area contributed by atoms with Crippen molar-refractivity contribution in [3.8, 4) is 0 Å². The van der Waals surface area contributed by atoms with Crippen LogP contribution in [-0.4, -0.2) is 37.9 Å². The molecule has 0 aromatic carbocycles. The van der Waals surface area contributed by atoms with Crippen LogP contribution in [0, 0.1) is 23.7 Å². The highest BCUT2D eigenvalue weighted by molar-refractivity contribution is 5.75. The van der Waals surface area contributed by atoms with E-state index >= 15 is 0 Å². The van der Waals surface area contributed by atoms with Crippen LogP contribution in [0.5, 0.6) is 0 Å². The van der Waals surface area contributed by atoms with Gasteiger partial charge in [-0.25, -0.2) is 4.79 Å². The molecule has 0 aromatic heterocycles. The van der Waals surface area contributed by atoms with E-state index in [0.29, 0.717) is 31.7 Å². The van der Waals surface area contributed by atoms with Gasteiger partial charge in [-0.15, -0.1) is 0 Å². The monoisotopic (exact) mass is 340 g/mol. The Morgan fingerprint density at radius 1 is 1.00 bits per heavy atom. The first kappa shape index (κ1) is 19.2. The average molecular weight is 340 g/mol. The van der Waals surface area contributed by atoms with Gasteiger partial charge in [-0.05, 0) is 49.9 Å². The van der Waals surface area contributed by atoms with Crippen molar-refractivity contribution in [1.29, 1.82) is 0 Å². The molecule has 5 nitrogen and oxygen atoms in total. The molecule has 5 heteroatoms. The molecule has 2 rings (SSSR count). The third kappa shape index (κ3) is 5.76. The number of hydrogen-bond acceptors (Lipinski definition) is 5. The molecule has 4 unspecified atom stereocenters.